The Morgan fingerprint density at radius 1 is 1.09 bits per heavy atom. The summed E-state index contributed by atoms with van der Waals surface area (Å²) >= 11 is 0. The van der Waals surface area contributed by atoms with E-state index >= 15 is 0 Å². The predicted molar refractivity (Wildman–Crippen MR) is 123 cm³/mol. The molecule has 8 heteroatoms. The normalized spacial score (nSPS) is 16.9. The fraction of sp³-hybridized carbons (Fsp3) is 0.458. The van der Waals surface area contributed by atoms with Crippen LogP contribution in [0.15, 0.2) is 53.5 Å². The van der Waals surface area contributed by atoms with Crippen molar-refractivity contribution < 1.29 is 19.0 Å². The fourth-order valence-corrected chi connectivity index (χ4v) is 3.66. The lowest BCUT2D eigenvalue weighted by molar-refractivity contribution is 0.0179. The highest BCUT2D eigenvalue weighted by Gasteiger charge is 2.23. The van der Waals surface area contributed by atoms with Gasteiger partial charge in [-0.25, -0.2) is 4.39 Å². The first-order valence-corrected chi connectivity index (χ1v) is 11.0. The number of nitrogens with one attached hydrogen (secondary N) is 2. The van der Waals surface area contributed by atoms with E-state index in [1.54, 1.807) is 7.11 Å². The molecule has 1 heterocycles. The van der Waals surface area contributed by atoms with E-state index in [4.69, 9.17) is 14.5 Å². The minimum atomic E-state index is -0.683. The number of benzene rings is 2. The van der Waals surface area contributed by atoms with E-state index < -0.39 is 6.10 Å². The summed E-state index contributed by atoms with van der Waals surface area (Å²) in [6.07, 6.45) is -0.683. The van der Waals surface area contributed by atoms with Crippen molar-refractivity contribution in [2.24, 2.45) is 4.99 Å². The maximum Gasteiger partial charge on any atom is 0.191 e. The molecule has 1 aliphatic heterocycles. The third-order valence-electron chi connectivity index (χ3n) is 5.47. The molecule has 32 heavy (non-hydrogen) atoms. The van der Waals surface area contributed by atoms with E-state index in [2.05, 4.69) is 15.5 Å². The molecule has 3 N–H and O–H groups in total. The lowest BCUT2D eigenvalue weighted by Crippen LogP contribution is -2.42. The Kier molecular flexibility index (Phi) is 9.27. The van der Waals surface area contributed by atoms with Crippen LogP contribution < -0.4 is 15.4 Å². The van der Waals surface area contributed by atoms with E-state index in [1.807, 2.05) is 43.3 Å². The molecular formula is C24H33FN4O3. The summed E-state index contributed by atoms with van der Waals surface area (Å²) in [5, 5.41) is 17.0. The van der Waals surface area contributed by atoms with Gasteiger partial charge in [-0.1, -0.05) is 24.3 Å². The average Bonchev–Trinajstić information content (AvgIpc) is 2.84. The van der Waals surface area contributed by atoms with Crippen LogP contribution in [0.1, 0.15) is 30.2 Å². The second-order valence-electron chi connectivity index (χ2n) is 7.61. The molecule has 0 saturated carbocycles. The monoisotopic (exact) mass is 444 g/mol. The third kappa shape index (κ3) is 6.91. The van der Waals surface area contributed by atoms with Gasteiger partial charge in [0.15, 0.2) is 5.96 Å². The molecule has 1 fully saturated rings. The van der Waals surface area contributed by atoms with Gasteiger partial charge in [0.2, 0.25) is 0 Å². The van der Waals surface area contributed by atoms with Crippen LogP contribution in [0.3, 0.4) is 0 Å². The lowest BCUT2D eigenvalue weighted by Gasteiger charge is -2.34. The molecule has 2 unspecified atom stereocenters. The van der Waals surface area contributed by atoms with Crippen molar-refractivity contribution in [2.45, 2.75) is 19.1 Å². The molecule has 2 aromatic rings. The zero-order valence-corrected chi connectivity index (χ0v) is 18.8. The van der Waals surface area contributed by atoms with Crippen LogP contribution in [-0.2, 0) is 4.74 Å². The summed E-state index contributed by atoms with van der Waals surface area (Å²) in [6.45, 7) is 6.47. The number of hydrogen-bond acceptors (Lipinski definition) is 5. The SMILES string of the molecule is CCNC(=NCC(c1ccc(F)cc1)N1CCOCC1)NCC(O)c1ccc(OC)cc1. The Balaban J connectivity index is 1.67. The van der Waals surface area contributed by atoms with E-state index in [9.17, 15) is 9.50 Å². The van der Waals surface area contributed by atoms with Crippen molar-refractivity contribution in [1.82, 2.24) is 15.5 Å². The minimum Gasteiger partial charge on any atom is -0.497 e. The van der Waals surface area contributed by atoms with E-state index in [-0.39, 0.29) is 11.9 Å². The van der Waals surface area contributed by atoms with Gasteiger partial charge in [0.1, 0.15) is 11.6 Å². The number of ether oxygens (including phenoxy) is 2. The molecule has 0 aromatic heterocycles. The van der Waals surface area contributed by atoms with Crippen molar-refractivity contribution >= 4 is 5.96 Å². The van der Waals surface area contributed by atoms with Crippen LogP contribution >= 0.6 is 0 Å². The molecule has 0 amide bonds. The summed E-state index contributed by atoms with van der Waals surface area (Å²) < 4.78 is 24.1. The number of aliphatic imine (C=N–C) groups is 1. The molecular weight excluding hydrogens is 411 g/mol. The molecule has 0 radical (unpaired) electrons. The van der Waals surface area contributed by atoms with Crippen LogP contribution in [0, 0.1) is 5.82 Å². The van der Waals surface area contributed by atoms with E-state index in [1.165, 1.54) is 12.1 Å². The van der Waals surface area contributed by atoms with Crippen LogP contribution in [0.4, 0.5) is 4.39 Å². The van der Waals surface area contributed by atoms with Gasteiger partial charge in [0, 0.05) is 26.2 Å². The zero-order valence-electron chi connectivity index (χ0n) is 18.8. The van der Waals surface area contributed by atoms with Crippen LogP contribution in [-0.4, -0.2) is 69.0 Å². The van der Waals surface area contributed by atoms with Gasteiger partial charge < -0.3 is 25.2 Å². The predicted octanol–water partition coefficient (Wildman–Crippen LogP) is 2.50. The number of nitrogens with zero attached hydrogens (tertiary/aromatic N) is 2. The second-order valence-corrected chi connectivity index (χ2v) is 7.61. The number of aliphatic hydroxyl groups excluding tert-OH is 1. The Hall–Kier alpha value is -2.68. The Morgan fingerprint density at radius 2 is 1.75 bits per heavy atom. The number of methoxy groups -OCH3 is 1. The van der Waals surface area contributed by atoms with Crippen LogP contribution in [0.2, 0.25) is 0 Å². The highest BCUT2D eigenvalue weighted by Crippen LogP contribution is 2.23. The second kappa shape index (κ2) is 12.4. The Bertz CT molecular complexity index is 839. The topological polar surface area (TPSA) is 78.4 Å². The third-order valence-corrected chi connectivity index (χ3v) is 5.47. The van der Waals surface area contributed by atoms with Crippen molar-refractivity contribution in [3.63, 3.8) is 0 Å². The van der Waals surface area contributed by atoms with Crippen LogP contribution in [0.5, 0.6) is 5.75 Å². The largest absolute Gasteiger partial charge is 0.497 e. The average molecular weight is 445 g/mol. The summed E-state index contributed by atoms with van der Waals surface area (Å²) in [7, 11) is 1.61. The summed E-state index contributed by atoms with van der Waals surface area (Å²) in [4.78, 5) is 7.08. The molecule has 2 atom stereocenters. The molecule has 0 spiro atoms. The molecule has 0 aliphatic carbocycles. The maximum absolute atomic E-state index is 13.5. The summed E-state index contributed by atoms with van der Waals surface area (Å²) in [5.41, 5.74) is 1.82. The summed E-state index contributed by atoms with van der Waals surface area (Å²) in [6, 6.07) is 14.0. The van der Waals surface area contributed by atoms with Gasteiger partial charge in [-0.05, 0) is 42.3 Å². The fourth-order valence-electron chi connectivity index (χ4n) is 3.66. The summed E-state index contributed by atoms with van der Waals surface area (Å²) in [5.74, 6) is 1.12. The van der Waals surface area contributed by atoms with Gasteiger partial charge in [-0.3, -0.25) is 9.89 Å². The van der Waals surface area contributed by atoms with Crippen molar-refractivity contribution in [3.8, 4) is 5.75 Å². The zero-order chi connectivity index (χ0) is 22.8. The number of hydrogen-bond donors (Lipinski definition) is 3. The number of rotatable bonds is 9. The highest BCUT2D eigenvalue weighted by atomic mass is 19.1. The van der Waals surface area contributed by atoms with Crippen LogP contribution in [0.25, 0.3) is 0 Å². The Morgan fingerprint density at radius 3 is 2.38 bits per heavy atom. The quantitative estimate of drug-likeness (QED) is 0.408. The minimum absolute atomic E-state index is 0.0152. The number of aliphatic hydroxyl groups is 1. The first-order chi connectivity index (χ1) is 15.6. The van der Waals surface area contributed by atoms with Gasteiger partial charge >= 0.3 is 0 Å². The molecule has 7 nitrogen and oxygen atoms in total. The van der Waals surface area contributed by atoms with E-state index in [0.29, 0.717) is 38.8 Å². The first-order valence-electron chi connectivity index (χ1n) is 11.0. The molecule has 2 aromatic carbocycles. The number of guanidine groups is 1. The van der Waals surface area contributed by atoms with Crippen molar-refractivity contribution in [1.29, 1.82) is 0 Å². The molecule has 3 rings (SSSR count). The smallest absolute Gasteiger partial charge is 0.191 e. The van der Waals surface area contributed by atoms with Crippen molar-refractivity contribution in [3.05, 3.63) is 65.5 Å². The van der Waals surface area contributed by atoms with Gasteiger partial charge in [-0.2, -0.15) is 0 Å². The van der Waals surface area contributed by atoms with Gasteiger partial charge in [0.05, 0.1) is 39.0 Å². The molecule has 0 bridgehead atoms. The molecule has 1 aliphatic rings. The lowest BCUT2D eigenvalue weighted by atomic mass is 10.0. The standard InChI is InChI=1S/C24H33FN4O3/c1-3-26-24(28-17-23(30)19-6-10-21(31-2)11-7-19)27-16-22(29-12-14-32-15-13-29)18-4-8-20(25)9-5-18/h4-11,22-23,30H,3,12-17H2,1-2H3,(H2,26,27,28). The highest BCUT2D eigenvalue weighted by molar-refractivity contribution is 5.79. The Labute approximate surface area is 189 Å². The van der Waals surface area contributed by atoms with Crippen molar-refractivity contribution in [2.75, 3.05) is 53.0 Å². The number of morpholine rings is 1. The number of halogens is 1. The maximum atomic E-state index is 13.5. The van der Waals surface area contributed by atoms with Gasteiger partial charge in [-0.15, -0.1) is 0 Å². The molecule has 1 saturated heterocycles. The first kappa shape index (κ1) is 24.0. The molecule has 174 valence electrons. The van der Waals surface area contributed by atoms with Gasteiger partial charge in [0.25, 0.3) is 0 Å². The van der Waals surface area contributed by atoms with E-state index in [0.717, 1.165) is 30.0 Å².